The van der Waals surface area contributed by atoms with Gasteiger partial charge in [0.2, 0.25) is 0 Å². The Bertz CT molecular complexity index is 707. The maximum atomic E-state index is 14.3. The van der Waals surface area contributed by atoms with Crippen molar-refractivity contribution < 1.29 is 9.18 Å². The number of anilines is 1. The highest BCUT2D eigenvalue weighted by atomic mass is 19.1. The van der Waals surface area contributed by atoms with E-state index >= 15 is 0 Å². The molecule has 24 heavy (non-hydrogen) atoms. The normalized spacial score (nSPS) is 16.1. The molecule has 1 fully saturated rings. The second-order valence-corrected chi connectivity index (χ2v) is 6.36. The molecule has 0 spiro atoms. The van der Waals surface area contributed by atoms with Crippen LogP contribution in [0.25, 0.3) is 0 Å². The Balaban J connectivity index is 1.66. The predicted molar refractivity (Wildman–Crippen MR) is 91.5 cm³/mol. The van der Waals surface area contributed by atoms with E-state index in [0.29, 0.717) is 17.8 Å². The second kappa shape index (κ2) is 7.03. The minimum Gasteiger partial charge on any atom is -0.337 e. The van der Waals surface area contributed by atoms with Gasteiger partial charge in [0.05, 0.1) is 11.9 Å². The predicted octanol–water partition coefficient (Wildman–Crippen LogP) is 3.68. The van der Waals surface area contributed by atoms with Crippen molar-refractivity contribution in [2.75, 3.05) is 11.9 Å². The molecule has 0 radical (unpaired) electrons. The Morgan fingerprint density at radius 2 is 2.08 bits per heavy atom. The first kappa shape index (κ1) is 16.5. The van der Waals surface area contributed by atoms with E-state index in [-0.39, 0.29) is 17.3 Å². The van der Waals surface area contributed by atoms with Crippen LogP contribution in [0.1, 0.15) is 38.2 Å². The van der Waals surface area contributed by atoms with Gasteiger partial charge in [0.15, 0.2) is 0 Å². The van der Waals surface area contributed by atoms with E-state index in [1.165, 1.54) is 6.07 Å². The highest BCUT2D eigenvalue weighted by Gasteiger charge is 2.37. The van der Waals surface area contributed by atoms with E-state index in [1.807, 2.05) is 19.1 Å². The van der Waals surface area contributed by atoms with Gasteiger partial charge in [-0.05, 0) is 31.4 Å². The Morgan fingerprint density at radius 1 is 1.33 bits per heavy atom. The first-order valence-electron chi connectivity index (χ1n) is 8.45. The molecule has 0 aliphatic heterocycles. The molecule has 0 unspecified atom stereocenters. The average Bonchev–Trinajstić information content (AvgIpc) is 3.23. The lowest BCUT2D eigenvalue weighted by Gasteiger charge is -2.30. The number of nitrogens with one attached hydrogen (secondary N) is 2. The second-order valence-electron chi connectivity index (χ2n) is 6.36. The summed E-state index contributed by atoms with van der Waals surface area (Å²) in [5.41, 5.74) is 1.05. The molecule has 1 saturated carbocycles. The number of nitrogens with zero attached hydrogens (tertiary/aromatic N) is 2. The van der Waals surface area contributed by atoms with E-state index < -0.39 is 0 Å². The van der Waals surface area contributed by atoms with Gasteiger partial charge in [0.1, 0.15) is 5.82 Å². The molecule has 2 N–H and O–H groups in total. The molecule has 2 aromatic rings. The van der Waals surface area contributed by atoms with Crippen molar-refractivity contribution in [3.8, 4) is 0 Å². The van der Waals surface area contributed by atoms with Crippen LogP contribution in [0.3, 0.4) is 0 Å². The number of rotatable bonds is 5. The van der Waals surface area contributed by atoms with E-state index in [9.17, 15) is 9.18 Å². The van der Waals surface area contributed by atoms with Crippen LogP contribution in [0, 0.1) is 5.82 Å². The number of carbonyl (C=O) groups is 1. The summed E-state index contributed by atoms with van der Waals surface area (Å²) in [6.07, 6.45) is 7.29. The maximum Gasteiger partial charge on any atom is 0.319 e. The first-order valence-corrected chi connectivity index (χ1v) is 8.45. The van der Waals surface area contributed by atoms with E-state index in [1.54, 1.807) is 23.1 Å². The number of aromatic nitrogens is 2. The number of carbonyl (C=O) groups excluding carboxylic acids is 1. The molecular weight excluding hydrogens is 307 g/mol. The minimum absolute atomic E-state index is 0.189. The van der Waals surface area contributed by atoms with Gasteiger partial charge in [0.25, 0.3) is 0 Å². The minimum atomic E-state index is -0.309. The third-order valence-corrected chi connectivity index (χ3v) is 4.81. The molecular formula is C18H23FN4O. The van der Waals surface area contributed by atoms with Crippen molar-refractivity contribution in [3.63, 3.8) is 0 Å². The molecule has 128 valence electrons. The zero-order chi connectivity index (χ0) is 17.0. The Morgan fingerprint density at radius 3 is 2.75 bits per heavy atom. The summed E-state index contributed by atoms with van der Waals surface area (Å²) in [6.45, 7) is 3.16. The van der Waals surface area contributed by atoms with Crippen molar-refractivity contribution in [2.45, 2.75) is 44.6 Å². The number of hydrogen-bond donors (Lipinski definition) is 2. The average molecular weight is 330 g/mol. The van der Waals surface area contributed by atoms with Crippen molar-refractivity contribution in [2.24, 2.45) is 0 Å². The van der Waals surface area contributed by atoms with E-state index in [4.69, 9.17) is 0 Å². The summed E-state index contributed by atoms with van der Waals surface area (Å²) < 4.78 is 16.0. The lowest BCUT2D eigenvalue weighted by atomic mass is 9.78. The number of urea groups is 1. The molecule has 5 nitrogen and oxygen atoms in total. The van der Waals surface area contributed by atoms with Gasteiger partial charge in [-0.1, -0.05) is 31.0 Å². The monoisotopic (exact) mass is 330 g/mol. The van der Waals surface area contributed by atoms with Crippen LogP contribution in [-0.2, 0) is 12.0 Å². The van der Waals surface area contributed by atoms with Gasteiger partial charge in [-0.25, -0.2) is 9.18 Å². The molecule has 0 bridgehead atoms. The van der Waals surface area contributed by atoms with Crippen LogP contribution < -0.4 is 10.6 Å². The lowest BCUT2D eigenvalue weighted by Crippen LogP contribution is -2.41. The SMILES string of the molecule is CCn1cc(NC(=O)NCC2(c3ccccc3F)CCCC2)cn1. The van der Waals surface area contributed by atoms with Crippen LogP contribution >= 0.6 is 0 Å². The van der Waals surface area contributed by atoms with Gasteiger partial charge in [-0.2, -0.15) is 5.10 Å². The number of benzene rings is 1. The quantitative estimate of drug-likeness (QED) is 0.878. The highest BCUT2D eigenvalue weighted by Crippen LogP contribution is 2.41. The summed E-state index contributed by atoms with van der Waals surface area (Å²) in [4.78, 5) is 12.2. The summed E-state index contributed by atoms with van der Waals surface area (Å²) >= 11 is 0. The van der Waals surface area contributed by atoms with Gasteiger partial charge in [-0.15, -0.1) is 0 Å². The van der Waals surface area contributed by atoms with Gasteiger partial charge in [0, 0.05) is 24.7 Å². The van der Waals surface area contributed by atoms with Gasteiger partial charge >= 0.3 is 6.03 Å². The molecule has 1 aliphatic carbocycles. The smallest absolute Gasteiger partial charge is 0.319 e. The van der Waals surface area contributed by atoms with E-state index in [0.717, 1.165) is 32.2 Å². The standard InChI is InChI=1S/C18H23FN4O/c1-2-23-12-14(11-21-23)22-17(24)20-13-18(9-5-6-10-18)15-7-3-4-8-16(15)19/h3-4,7-8,11-12H,2,5-6,9-10,13H2,1H3,(H2,20,22,24). The van der Waals surface area contributed by atoms with E-state index in [2.05, 4.69) is 15.7 Å². The van der Waals surface area contributed by atoms with Crippen LogP contribution in [0.15, 0.2) is 36.7 Å². The van der Waals surface area contributed by atoms with Crippen molar-refractivity contribution in [1.82, 2.24) is 15.1 Å². The van der Waals surface area contributed by atoms with Crippen molar-refractivity contribution in [3.05, 3.63) is 48.0 Å². The number of halogens is 1. The topological polar surface area (TPSA) is 59.0 Å². The van der Waals surface area contributed by atoms with Crippen molar-refractivity contribution >= 4 is 11.7 Å². The summed E-state index contributed by atoms with van der Waals surface area (Å²) in [6, 6.07) is 6.61. The Kier molecular flexibility index (Phi) is 4.83. The van der Waals surface area contributed by atoms with Crippen molar-refractivity contribution in [1.29, 1.82) is 0 Å². The van der Waals surface area contributed by atoms with Crippen LogP contribution in [0.5, 0.6) is 0 Å². The molecule has 1 aliphatic rings. The fourth-order valence-corrected chi connectivity index (χ4v) is 3.51. The Labute approximate surface area is 141 Å². The molecule has 1 aromatic carbocycles. The van der Waals surface area contributed by atoms with Gasteiger partial charge in [-0.3, -0.25) is 4.68 Å². The third kappa shape index (κ3) is 3.42. The first-order chi connectivity index (χ1) is 11.6. The zero-order valence-corrected chi connectivity index (χ0v) is 13.9. The third-order valence-electron chi connectivity index (χ3n) is 4.81. The molecule has 1 aromatic heterocycles. The molecule has 0 saturated heterocycles. The molecule has 6 heteroatoms. The molecule has 2 amide bonds. The van der Waals surface area contributed by atoms with Crippen LogP contribution in [-0.4, -0.2) is 22.4 Å². The summed E-state index contributed by atoms with van der Waals surface area (Å²) in [5, 5.41) is 9.81. The highest BCUT2D eigenvalue weighted by molar-refractivity contribution is 5.88. The number of hydrogen-bond acceptors (Lipinski definition) is 2. The maximum absolute atomic E-state index is 14.3. The Hall–Kier alpha value is -2.37. The molecule has 1 heterocycles. The van der Waals surface area contributed by atoms with Gasteiger partial charge < -0.3 is 10.6 Å². The fourth-order valence-electron chi connectivity index (χ4n) is 3.51. The summed E-state index contributed by atoms with van der Waals surface area (Å²) in [5.74, 6) is -0.189. The van der Waals surface area contributed by atoms with Crippen LogP contribution in [0.2, 0.25) is 0 Å². The largest absolute Gasteiger partial charge is 0.337 e. The molecule has 0 atom stereocenters. The lowest BCUT2D eigenvalue weighted by molar-refractivity contribution is 0.248. The number of amides is 2. The van der Waals surface area contributed by atoms with Crippen LogP contribution in [0.4, 0.5) is 14.9 Å². The number of aryl methyl sites for hydroxylation is 1. The summed E-state index contributed by atoms with van der Waals surface area (Å²) in [7, 11) is 0. The zero-order valence-electron chi connectivity index (χ0n) is 13.9. The fraction of sp³-hybridized carbons (Fsp3) is 0.444. The molecule has 3 rings (SSSR count).